The second kappa shape index (κ2) is 8.38. The normalized spacial score (nSPS) is 36.8. The fraction of sp³-hybridized carbons (Fsp3) is 1.00. The van der Waals surface area contributed by atoms with Crippen LogP contribution in [-0.2, 0) is 4.74 Å². The van der Waals surface area contributed by atoms with Gasteiger partial charge in [-0.3, -0.25) is 0 Å². The maximum atomic E-state index is 9.59. The van der Waals surface area contributed by atoms with E-state index >= 15 is 0 Å². The highest BCUT2D eigenvalue weighted by molar-refractivity contribution is 4.82. The Balaban J connectivity index is 1.64. The van der Waals surface area contributed by atoms with Crippen molar-refractivity contribution < 1.29 is 9.84 Å². The van der Waals surface area contributed by atoms with E-state index in [0.29, 0.717) is 0 Å². The third kappa shape index (κ3) is 4.73. The Bertz CT molecular complexity index is 248. The van der Waals surface area contributed by atoms with Gasteiger partial charge in [0.2, 0.25) is 0 Å². The van der Waals surface area contributed by atoms with Crippen LogP contribution in [0.1, 0.15) is 78.1 Å². The van der Waals surface area contributed by atoms with Crippen molar-refractivity contribution in [2.45, 2.75) is 90.3 Å². The summed E-state index contributed by atoms with van der Waals surface area (Å²) in [6.07, 6.45) is 13.5. The van der Waals surface area contributed by atoms with Crippen LogP contribution in [0.4, 0.5) is 0 Å². The minimum absolute atomic E-state index is 0.0941. The predicted molar refractivity (Wildman–Crippen MR) is 83.7 cm³/mol. The van der Waals surface area contributed by atoms with Crippen LogP contribution in [0, 0.1) is 17.8 Å². The molecule has 1 N–H and O–H groups in total. The van der Waals surface area contributed by atoms with Crippen LogP contribution in [0.25, 0.3) is 0 Å². The number of aliphatic hydroxyl groups excluding tert-OH is 1. The number of hydrogen-bond donors (Lipinski definition) is 1. The molecule has 118 valence electrons. The summed E-state index contributed by atoms with van der Waals surface area (Å²) in [5, 5.41) is 9.59. The molecule has 2 heteroatoms. The molecule has 20 heavy (non-hydrogen) atoms. The maximum Gasteiger partial charge on any atom is 0.0831 e. The molecule has 0 aromatic rings. The molecule has 1 heterocycles. The van der Waals surface area contributed by atoms with Crippen LogP contribution in [0.3, 0.4) is 0 Å². The lowest BCUT2D eigenvalue weighted by Gasteiger charge is -2.38. The minimum atomic E-state index is -0.301. The molecule has 0 amide bonds. The Hall–Kier alpha value is -0.0800. The van der Waals surface area contributed by atoms with Gasteiger partial charge in [-0.2, -0.15) is 0 Å². The lowest BCUT2D eigenvalue weighted by Crippen LogP contribution is -2.37. The van der Waals surface area contributed by atoms with Crippen LogP contribution in [0.15, 0.2) is 0 Å². The molecule has 0 aromatic heterocycles. The van der Waals surface area contributed by atoms with Crippen LogP contribution >= 0.6 is 0 Å². The van der Waals surface area contributed by atoms with Gasteiger partial charge in [0.1, 0.15) is 0 Å². The standard InChI is InChI=1S/C18H34O2/c1-3-4-5-6-15-7-9-16(10-8-15)17-11-12-18(14(2)19)20-13-17/h14-19H,3-13H2,1-2H3. The van der Waals surface area contributed by atoms with Gasteiger partial charge in [-0.15, -0.1) is 0 Å². The second-order valence-electron chi connectivity index (χ2n) is 7.23. The van der Waals surface area contributed by atoms with Crippen molar-refractivity contribution in [1.29, 1.82) is 0 Å². The fourth-order valence-electron chi connectivity index (χ4n) is 4.18. The summed E-state index contributed by atoms with van der Waals surface area (Å²) < 4.78 is 5.86. The predicted octanol–water partition coefficient (Wildman–Crippen LogP) is 4.55. The van der Waals surface area contributed by atoms with Crippen molar-refractivity contribution in [1.82, 2.24) is 0 Å². The summed E-state index contributed by atoms with van der Waals surface area (Å²) >= 11 is 0. The highest BCUT2D eigenvalue weighted by Gasteiger charge is 2.32. The van der Waals surface area contributed by atoms with Crippen LogP contribution in [0.5, 0.6) is 0 Å². The van der Waals surface area contributed by atoms with Crippen molar-refractivity contribution in [2.24, 2.45) is 17.8 Å². The van der Waals surface area contributed by atoms with Gasteiger partial charge >= 0.3 is 0 Å². The fourth-order valence-corrected chi connectivity index (χ4v) is 4.18. The molecule has 2 rings (SSSR count). The van der Waals surface area contributed by atoms with Gasteiger partial charge in [0.15, 0.2) is 0 Å². The zero-order valence-electron chi connectivity index (χ0n) is 13.5. The maximum absolute atomic E-state index is 9.59. The first-order chi connectivity index (χ1) is 9.70. The molecule has 0 spiro atoms. The third-order valence-corrected chi connectivity index (χ3v) is 5.66. The molecular formula is C18H34O2. The Labute approximate surface area is 125 Å². The summed E-state index contributed by atoms with van der Waals surface area (Å²) in [6.45, 7) is 5.04. The third-order valence-electron chi connectivity index (χ3n) is 5.66. The van der Waals surface area contributed by atoms with E-state index in [2.05, 4.69) is 6.92 Å². The van der Waals surface area contributed by atoms with E-state index in [9.17, 15) is 5.11 Å². The number of hydrogen-bond acceptors (Lipinski definition) is 2. The lowest BCUT2D eigenvalue weighted by atomic mass is 9.72. The van der Waals surface area contributed by atoms with Gasteiger partial charge in [-0.1, -0.05) is 45.4 Å². The molecule has 3 atom stereocenters. The average molecular weight is 282 g/mol. The Morgan fingerprint density at radius 1 is 1.00 bits per heavy atom. The minimum Gasteiger partial charge on any atom is -0.391 e. The molecule has 2 fully saturated rings. The zero-order chi connectivity index (χ0) is 14.4. The number of rotatable bonds is 6. The highest BCUT2D eigenvalue weighted by Crippen LogP contribution is 2.39. The highest BCUT2D eigenvalue weighted by atomic mass is 16.5. The van der Waals surface area contributed by atoms with Gasteiger partial charge in [0.05, 0.1) is 18.8 Å². The summed E-state index contributed by atoms with van der Waals surface area (Å²) in [5.41, 5.74) is 0. The Morgan fingerprint density at radius 2 is 1.70 bits per heavy atom. The number of unbranched alkanes of at least 4 members (excludes halogenated alkanes) is 2. The average Bonchev–Trinajstić information content (AvgIpc) is 2.48. The molecule has 1 saturated heterocycles. The molecule has 1 saturated carbocycles. The second-order valence-corrected chi connectivity index (χ2v) is 7.23. The quantitative estimate of drug-likeness (QED) is 0.724. The molecule has 2 nitrogen and oxygen atoms in total. The van der Waals surface area contributed by atoms with Crippen LogP contribution in [-0.4, -0.2) is 23.9 Å². The van der Waals surface area contributed by atoms with Gasteiger partial charge in [0, 0.05) is 0 Å². The lowest BCUT2D eigenvalue weighted by molar-refractivity contribution is -0.0878. The summed E-state index contributed by atoms with van der Waals surface area (Å²) in [4.78, 5) is 0. The summed E-state index contributed by atoms with van der Waals surface area (Å²) in [7, 11) is 0. The SMILES string of the molecule is CCCCCC1CCC(C2CCC(C(C)O)OC2)CC1. The first-order valence-corrected chi connectivity index (χ1v) is 9.00. The van der Waals surface area contributed by atoms with Crippen LogP contribution < -0.4 is 0 Å². The molecule has 0 aromatic carbocycles. The molecule has 1 aliphatic carbocycles. The van der Waals surface area contributed by atoms with E-state index in [1.54, 1.807) is 0 Å². The molecular weight excluding hydrogens is 248 g/mol. The van der Waals surface area contributed by atoms with Crippen molar-refractivity contribution in [3.05, 3.63) is 0 Å². The monoisotopic (exact) mass is 282 g/mol. The summed E-state index contributed by atoms with van der Waals surface area (Å²) in [6, 6.07) is 0. The smallest absolute Gasteiger partial charge is 0.0831 e. The van der Waals surface area contributed by atoms with E-state index in [1.165, 1.54) is 57.8 Å². The molecule has 1 aliphatic heterocycles. The van der Waals surface area contributed by atoms with E-state index in [4.69, 9.17) is 4.74 Å². The van der Waals surface area contributed by atoms with Gasteiger partial charge in [-0.05, 0) is 50.4 Å². The first-order valence-electron chi connectivity index (χ1n) is 9.00. The molecule has 0 radical (unpaired) electrons. The largest absolute Gasteiger partial charge is 0.391 e. The van der Waals surface area contributed by atoms with E-state index in [-0.39, 0.29) is 12.2 Å². The molecule has 0 bridgehead atoms. The Kier molecular flexibility index (Phi) is 6.83. The molecule has 2 aliphatic rings. The number of aliphatic hydroxyl groups is 1. The van der Waals surface area contributed by atoms with E-state index in [1.807, 2.05) is 6.92 Å². The van der Waals surface area contributed by atoms with E-state index < -0.39 is 0 Å². The van der Waals surface area contributed by atoms with Gasteiger partial charge < -0.3 is 9.84 Å². The van der Waals surface area contributed by atoms with E-state index in [0.717, 1.165) is 30.8 Å². The number of ether oxygens (including phenoxy) is 1. The zero-order valence-corrected chi connectivity index (χ0v) is 13.5. The topological polar surface area (TPSA) is 29.5 Å². The van der Waals surface area contributed by atoms with Crippen molar-refractivity contribution in [2.75, 3.05) is 6.61 Å². The van der Waals surface area contributed by atoms with Crippen molar-refractivity contribution in [3.63, 3.8) is 0 Å². The molecule has 3 unspecified atom stereocenters. The van der Waals surface area contributed by atoms with Crippen molar-refractivity contribution in [3.8, 4) is 0 Å². The van der Waals surface area contributed by atoms with Crippen molar-refractivity contribution >= 4 is 0 Å². The first kappa shape index (κ1) is 16.3. The van der Waals surface area contributed by atoms with Gasteiger partial charge in [0.25, 0.3) is 0 Å². The Morgan fingerprint density at radius 3 is 2.25 bits per heavy atom. The summed E-state index contributed by atoms with van der Waals surface area (Å²) in [5.74, 6) is 2.67. The van der Waals surface area contributed by atoms with Gasteiger partial charge in [-0.25, -0.2) is 0 Å². The van der Waals surface area contributed by atoms with Crippen LogP contribution in [0.2, 0.25) is 0 Å².